The van der Waals surface area contributed by atoms with Crippen LogP contribution in [0.3, 0.4) is 0 Å². The van der Waals surface area contributed by atoms with Gasteiger partial charge in [-0.05, 0) is 42.3 Å². The van der Waals surface area contributed by atoms with Gasteiger partial charge >= 0.3 is 0 Å². The van der Waals surface area contributed by atoms with E-state index in [0.717, 1.165) is 27.8 Å². The van der Waals surface area contributed by atoms with E-state index in [1.807, 2.05) is 48.5 Å². The molecule has 0 aliphatic heterocycles. The SMILES string of the molecule is NCCc1cc(OCOCc2ccccc2)ccc1Br. The number of benzene rings is 2. The molecule has 0 aliphatic carbocycles. The summed E-state index contributed by atoms with van der Waals surface area (Å²) in [5.41, 5.74) is 7.86. The molecule has 0 spiro atoms. The smallest absolute Gasteiger partial charge is 0.189 e. The van der Waals surface area contributed by atoms with Gasteiger partial charge in [0.2, 0.25) is 0 Å². The lowest BCUT2D eigenvalue weighted by molar-refractivity contribution is 0.00501. The van der Waals surface area contributed by atoms with E-state index >= 15 is 0 Å². The highest BCUT2D eigenvalue weighted by atomic mass is 79.9. The van der Waals surface area contributed by atoms with Crippen molar-refractivity contribution in [2.75, 3.05) is 13.3 Å². The Kier molecular flexibility index (Phi) is 6.05. The fraction of sp³-hybridized carbons (Fsp3) is 0.250. The van der Waals surface area contributed by atoms with Crippen LogP contribution in [0.15, 0.2) is 53.0 Å². The van der Waals surface area contributed by atoms with Gasteiger partial charge in [-0.1, -0.05) is 46.3 Å². The van der Waals surface area contributed by atoms with E-state index in [0.29, 0.717) is 13.2 Å². The summed E-state index contributed by atoms with van der Waals surface area (Å²) in [7, 11) is 0. The first-order valence-electron chi connectivity index (χ1n) is 6.52. The summed E-state index contributed by atoms with van der Waals surface area (Å²) in [6.07, 6.45) is 0.822. The zero-order valence-electron chi connectivity index (χ0n) is 11.2. The molecule has 2 aromatic rings. The fourth-order valence-corrected chi connectivity index (χ4v) is 2.28. The first kappa shape index (κ1) is 15.0. The molecule has 0 fully saturated rings. The maximum atomic E-state index is 5.59. The second-order valence-corrected chi connectivity index (χ2v) is 5.24. The van der Waals surface area contributed by atoms with Crippen molar-refractivity contribution in [3.8, 4) is 5.75 Å². The summed E-state index contributed by atoms with van der Waals surface area (Å²) in [5.74, 6) is 0.796. The van der Waals surface area contributed by atoms with Gasteiger partial charge in [0.05, 0.1) is 6.61 Å². The highest BCUT2D eigenvalue weighted by Gasteiger charge is 2.02. The van der Waals surface area contributed by atoms with Crippen molar-refractivity contribution in [2.45, 2.75) is 13.0 Å². The molecule has 0 aliphatic rings. The summed E-state index contributed by atoms with van der Waals surface area (Å²) in [4.78, 5) is 0. The molecule has 2 N–H and O–H groups in total. The van der Waals surface area contributed by atoms with Crippen LogP contribution in [0, 0.1) is 0 Å². The summed E-state index contributed by atoms with van der Waals surface area (Å²) >= 11 is 3.50. The number of halogens is 1. The van der Waals surface area contributed by atoms with Crippen molar-refractivity contribution < 1.29 is 9.47 Å². The lowest BCUT2D eigenvalue weighted by Crippen LogP contribution is -2.05. The van der Waals surface area contributed by atoms with Crippen LogP contribution in [-0.2, 0) is 17.8 Å². The highest BCUT2D eigenvalue weighted by Crippen LogP contribution is 2.23. The van der Waals surface area contributed by atoms with Crippen molar-refractivity contribution in [3.05, 3.63) is 64.1 Å². The summed E-state index contributed by atoms with van der Waals surface area (Å²) in [5, 5.41) is 0. The van der Waals surface area contributed by atoms with Gasteiger partial charge in [-0.3, -0.25) is 0 Å². The monoisotopic (exact) mass is 335 g/mol. The van der Waals surface area contributed by atoms with Crippen LogP contribution in [0.1, 0.15) is 11.1 Å². The zero-order chi connectivity index (χ0) is 14.2. The van der Waals surface area contributed by atoms with Crippen LogP contribution in [0.2, 0.25) is 0 Å². The molecule has 2 rings (SSSR count). The topological polar surface area (TPSA) is 44.5 Å². The van der Waals surface area contributed by atoms with Crippen LogP contribution >= 0.6 is 15.9 Å². The molecule has 0 amide bonds. The van der Waals surface area contributed by atoms with E-state index in [-0.39, 0.29) is 6.79 Å². The Morgan fingerprint density at radius 2 is 1.85 bits per heavy atom. The average Bonchev–Trinajstić information content (AvgIpc) is 2.48. The van der Waals surface area contributed by atoms with E-state index in [1.165, 1.54) is 0 Å². The minimum Gasteiger partial charge on any atom is -0.468 e. The summed E-state index contributed by atoms with van der Waals surface area (Å²) in [6, 6.07) is 15.9. The Bertz CT molecular complexity index is 531. The van der Waals surface area contributed by atoms with Crippen LogP contribution in [-0.4, -0.2) is 13.3 Å². The average molecular weight is 336 g/mol. The van der Waals surface area contributed by atoms with E-state index in [4.69, 9.17) is 15.2 Å². The van der Waals surface area contributed by atoms with Crippen molar-refractivity contribution in [3.63, 3.8) is 0 Å². The van der Waals surface area contributed by atoms with Crippen molar-refractivity contribution in [1.29, 1.82) is 0 Å². The summed E-state index contributed by atoms with van der Waals surface area (Å²) < 4.78 is 12.1. The van der Waals surface area contributed by atoms with E-state index < -0.39 is 0 Å². The third kappa shape index (κ3) is 4.63. The normalized spacial score (nSPS) is 10.5. The van der Waals surface area contributed by atoms with Crippen LogP contribution in [0.25, 0.3) is 0 Å². The van der Waals surface area contributed by atoms with E-state index in [9.17, 15) is 0 Å². The van der Waals surface area contributed by atoms with Gasteiger partial charge in [-0.2, -0.15) is 0 Å². The van der Waals surface area contributed by atoms with Gasteiger partial charge in [0.1, 0.15) is 5.75 Å². The van der Waals surface area contributed by atoms with Crippen LogP contribution < -0.4 is 10.5 Å². The molecule has 106 valence electrons. The molecule has 0 saturated heterocycles. The predicted octanol–water partition coefficient (Wildman–Crippen LogP) is 3.50. The minimum absolute atomic E-state index is 0.235. The Morgan fingerprint density at radius 1 is 1.05 bits per heavy atom. The molecule has 0 atom stereocenters. The largest absolute Gasteiger partial charge is 0.468 e. The third-order valence-electron chi connectivity index (χ3n) is 2.85. The molecule has 0 heterocycles. The molecule has 0 radical (unpaired) electrons. The number of rotatable bonds is 7. The standard InChI is InChI=1S/C16H18BrNO2/c17-16-7-6-15(10-14(16)8-9-18)20-12-19-11-13-4-2-1-3-5-13/h1-7,10H,8-9,11-12,18H2. The van der Waals surface area contributed by atoms with Gasteiger partial charge in [0.25, 0.3) is 0 Å². The first-order chi connectivity index (χ1) is 9.79. The Morgan fingerprint density at radius 3 is 2.60 bits per heavy atom. The fourth-order valence-electron chi connectivity index (χ4n) is 1.83. The lowest BCUT2D eigenvalue weighted by atomic mass is 10.1. The molecular formula is C16H18BrNO2. The van der Waals surface area contributed by atoms with Crippen molar-refractivity contribution >= 4 is 15.9 Å². The first-order valence-corrected chi connectivity index (χ1v) is 7.32. The van der Waals surface area contributed by atoms with Crippen molar-refractivity contribution in [2.24, 2.45) is 5.73 Å². The highest BCUT2D eigenvalue weighted by molar-refractivity contribution is 9.10. The van der Waals surface area contributed by atoms with Gasteiger partial charge < -0.3 is 15.2 Å². The Hall–Kier alpha value is -1.36. The maximum Gasteiger partial charge on any atom is 0.189 e. The quantitative estimate of drug-likeness (QED) is 0.622. The molecule has 0 bridgehead atoms. The van der Waals surface area contributed by atoms with Gasteiger partial charge in [0, 0.05) is 4.47 Å². The molecule has 0 aromatic heterocycles. The van der Waals surface area contributed by atoms with E-state index in [1.54, 1.807) is 0 Å². The third-order valence-corrected chi connectivity index (χ3v) is 3.62. The molecule has 0 saturated carbocycles. The molecule has 0 unspecified atom stereocenters. The lowest BCUT2D eigenvalue weighted by Gasteiger charge is -2.10. The molecule has 2 aromatic carbocycles. The number of hydrogen-bond donors (Lipinski definition) is 1. The molecule has 4 heteroatoms. The van der Waals surface area contributed by atoms with Crippen LogP contribution in [0.4, 0.5) is 0 Å². The maximum absolute atomic E-state index is 5.59. The second kappa shape index (κ2) is 8.04. The summed E-state index contributed by atoms with van der Waals surface area (Å²) in [6.45, 7) is 1.40. The second-order valence-electron chi connectivity index (χ2n) is 4.39. The number of ether oxygens (including phenoxy) is 2. The zero-order valence-corrected chi connectivity index (χ0v) is 12.8. The number of hydrogen-bond acceptors (Lipinski definition) is 3. The Labute approximate surface area is 127 Å². The van der Waals surface area contributed by atoms with Crippen LogP contribution in [0.5, 0.6) is 5.75 Å². The number of nitrogens with two attached hydrogens (primary N) is 1. The molecular weight excluding hydrogens is 318 g/mol. The predicted molar refractivity (Wildman–Crippen MR) is 83.6 cm³/mol. The van der Waals surface area contributed by atoms with Crippen molar-refractivity contribution in [1.82, 2.24) is 0 Å². The molecule has 20 heavy (non-hydrogen) atoms. The minimum atomic E-state index is 0.235. The van der Waals surface area contributed by atoms with Gasteiger partial charge in [-0.25, -0.2) is 0 Å². The van der Waals surface area contributed by atoms with Gasteiger partial charge in [-0.15, -0.1) is 0 Å². The van der Waals surface area contributed by atoms with E-state index in [2.05, 4.69) is 15.9 Å². The molecule has 3 nitrogen and oxygen atoms in total. The van der Waals surface area contributed by atoms with Gasteiger partial charge in [0.15, 0.2) is 6.79 Å². The Balaban J connectivity index is 1.80.